The van der Waals surface area contributed by atoms with Crippen molar-refractivity contribution in [2.24, 2.45) is 0 Å². The molecule has 1 N–H and O–H groups in total. The largest absolute Gasteiger partial charge is 0.467 e. The molecule has 0 saturated heterocycles. The second-order valence-corrected chi connectivity index (χ2v) is 8.19. The van der Waals surface area contributed by atoms with Gasteiger partial charge in [0.1, 0.15) is 18.1 Å². The van der Waals surface area contributed by atoms with Crippen molar-refractivity contribution in [3.63, 3.8) is 0 Å². The summed E-state index contributed by atoms with van der Waals surface area (Å²) in [6, 6.07) is 18.4. The van der Waals surface area contributed by atoms with Gasteiger partial charge in [-0.15, -0.1) is 5.10 Å². The van der Waals surface area contributed by atoms with E-state index in [2.05, 4.69) is 29.2 Å². The number of aromatic nitrogens is 4. The number of nitrogens with zero attached hydrogens (tertiary/aromatic N) is 4. The van der Waals surface area contributed by atoms with Gasteiger partial charge < -0.3 is 14.5 Å². The first-order valence-electron chi connectivity index (χ1n) is 10.9. The number of amides is 1. The van der Waals surface area contributed by atoms with Gasteiger partial charge in [0, 0.05) is 0 Å². The lowest BCUT2D eigenvalue weighted by atomic mass is 10.0. The summed E-state index contributed by atoms with van der Waals surface area (Å²) in [6.07, 6.45) is 1.53. The van der Waals surface area contributed by atoms with Gasteiger partial charge in [0.05, 0.1) is 23.8 Å². The summed E-state index contributed by atoms with van der Waals surface area (Å²) >= 11 is 0. The van der Waals surface area contributed by atoms with E-state index in [4.69, 9.17) is 9.15 Å². The summed E-state index contributed by atoms with van der Waals surface area (Å²) in [5.41, 5.74) is 2.11. The Balaban J connectivity index is 1.50. The van der Waals surface area contributed by atoms with E-state index in [1.807, 2.05) is 36.4 Å². The highest BCUT2D eigenvalue weighted by Crippen LogP contribution is 2.27. The molecule has 0 aliphatic rings. The molecule has 5 rings (SSSR count). The monoisotopic (exact) mass is 457 g/mol. The molecule has 3 heterocycles. The van der Waals surface area contributed by atoms with Crippen molar-refractivity contribution in [1.82, 2.24) is 24.5 Å². The molecule has 0 radical (unpaired) electrons. The van der Waals surface area contributed by atoms with Crippen molar-refractivity contribution in [2.75, 3.05) is 0 Å². The summed E-state index contributed by atoms with van der Waals surface area (Å²) in [7, 11) is 0. The van der Waals surface area contributed by atoms with E-state index >= 15 is 0 Å². The molecule has 1 amide bonds. The minimum atomic E-state index is -0.457. The number of carbonyl (C=O) groups is 1. The van der Waals surface area contributed by atoms with Crippen LogP contribution in [0.4, 0.5) is 0 Å². The second-order valence-electron chi connectivity index (χ2n) is 8.19. The highest BCUT2D eigenvalue weighted by molar-refractivity contribution is 5.80. The van der Waals surface area contributed by atoms with Crippen molar-refractivity contribution < 1.29 is 13.9 Å². The van der Waals surface area contributed by atoms with Gasteiger partial charge in [-0.25, -0.2) is 18.9 Å². The number of fused-ring (bicyclic) bond motifs is 3. The first kappa shape index (κ1) is 21.4. The molecule has 0 bridgehead atoms. The van der Waals surface area contributed by atoms with Gasteiger partial charge in [0.15, 0.2) is 0 Å². The van der Waals surface area contributed by atoms with Gasteiger partial charge >= 0.3 is 5.69 Å². The second kappa shape index (κ2) is 8.86. The number of carbonyl (C=O) groups excluding carboxylic acids is 1. The normalized spacial score (nSPS) is 11.4. The average Bonchev–Trinajstić information content (AvgIpc) is 3.47. The molecule has 0 aliphatic carbocycles. The van der Waals surface area contributed by atoms with E-state index in [-0.39, 0.29) is 30.5 Å². The Hall–Kier alpha value is -4.40. The quantitative estimate of drug-likeness (QED) is 0.398. The number of nitrogens with one attached hydrogen (secondary N) is 1. The van der Waals surface area contributed by atoms with Gasteiger partial charge in [-0.1, -0.05) is 38.1 Å². The molecule has 0 fully saturated rings. The topological polar surface area (TPSA) is 104 Å². The smallest absolute Gasteiger partial charge is 0.351 e. The summed E-state index contributed by atoms with van der Waals surface area (Å²) in [5, 5.41) is 7.11. The van der Waals surface area contributed by atoms with E-state index in [9.17, 15) is 9.59 Å². The van der Waals surface area contributed by atoms with E-state index in [0.717, 1.165) is 4.68 Å². The number of rotatable bonds is 7. The zero-order chi connectivity index (χ0) is 23.7. The molecule has 9 nitrogen and oxygen atoms in total. The van der Waals surface area contributed by atoms with E-state index in [0.29, 0.717) is 28.5 Å². The van der Waals surface area contributed by atoms with Crippen LogP contribution in [0, 0.1) is 0 Å². The third-order valence-electron chi connectivity index (χ3n) is 5.47. The fraction of sp³-hybridized carbons (Fsp3) is 0.200. The molecular weight excluding hydrogens is 434 g/mol. The van der Waals surface area contributed by atoms with Crippen molar-refractivity contribution in [2.45, 2.75) is 32.9 Å². The molecule has 0 aliphatic heterocycles. The van der Waals surface area contributed by atoms with Crippen molar-refractivity contribution in [3.05, 3.63) is 88.7 Å². The highest BCUT2D eigenvalue weighted by atomic mass is 16.5. The minimum Gasteiger partial charge on any atom is -0.467 e. The standard InChI is InChI=1S/C25H23N5O4/c1-16(2)17-9-11-18(12-10-17)34-24-23-28-29(15-22(31)26-14-19-6-5-13-33-19)25(32)30(23)21-8-4-3-7-20(21)27-24/h3-13,16H,14-15H2,1-2H3,(H,26,31). The minimum absolute atomic E-state index is 0.183. The Morgan fingerprint density at radius 3 is 2.62 bits per heavy atom. The van der Waals surface area contributed by atoms with Crippen LogP contribution in [0.3, 0.4) is 0 Å². The van der Waals surface area contributed by atoms with Crippen LogP contribution in [0.5, 0.6) is 11.6 Å². The van der Waals surface area contributed by atoms with Crippen LogP contribution in [0.25, 0.3) is 16.7 Å². The molecule has 9 heteroatoms. The van der Waals surface area contributed by atoms with Crippen LogP contribution in [0.15, 0.2) is 76.1 Å². The Bertz CT molecular complexity index is 1520. The first-order chi connectivity index (χ1) is 16.5. The van der Waals surface area contributed by atoms with Crippen molar-refractivity contribution in [1.29, 1.82) is 0 Å². The third-order valence-corrected chi connectivity index (χ3v) is 5.47. The Morgan fingerprint density at radius 2 is 1.88 bits per heavy atom. The lowest BCUT2D eigenvalue weighted by molar-refractivity contribution is -0.122. The fourth-order valence-electron chi connectivity index (χ4n) is 3.67. The number of para-hydroxylation sites is 2. The Labute approximate surface area is 194 Å². The van der Waals surface area contributed by atoms with Gasteiger partial charge in [0.25, 0.3) is 5.88 Å². The van der Waals surface area contributed by atoms with E-state index < -0.39 is 5.69 Å². The molecule has 0 atom stereocenters. The summed E-state index contributed by atoms with van der Waals surface area (Å²) in [4.78, 5) is 30.3. The summed E-state index contributed by atoms with van der Waals surface area (Å²) < 4.78 is 13.8. The molecule has 34 heavy (non-hydrogen) atoms. The lowest BCUT2D eigenvalue weighted by Crippen LogP contribution is -2.32. The first-order valence-corrected chi connectivity index (χ1v) is 10.9. The third kappa shape index (κ3) is 4.15. The summed E-state index contributed by atoms with van der Waals surface area (Å²) in [6.45, 7) is 4.21. The highest BCUT2D eigenvalue weighted by Gasteiger charge is 2.19. The molecule has 3 aromatic heterocycles. The SMILES string of the molecule is CC(C)c1ccc(Oc2nc3ccccc3n3c(=O)n(CC(=O)NCc4ccco4)nc23)cc1. The van der Waals surface area contributed by atoms with E-state index in [1.54, 1.807) is 24.3 Å². The van der Waals surface area contributed by atoms with Gasteiger partial charge in [-0.2, -0.15) is 0 Å². The molecule has 2 aromatic carbocycles. The maximum absolute atomic E-state index is 13.2. The maximum Gasteiger partial charge on any atom is 0.351 e. The van der Waals surface area contributed by atoms with Gasteiger partial charge in [0.2, 0.25) is 11.6 Å². The lowest BCUT2D eigenvalue weighted by Gasteiger charge is -2.09. The molecular formula is C25H23N5O4. The van der Waals surface area contributed by atoms with Crippen LogP contribution in [0.1, 0.15) is 31.1 Å². The molecule has 0 unspecified atom stereocenters. The Kier molecular flexibility index (Phi) is 5.59. The number of benzene rings is 2. The zero-order valence-electron chi connectivity index (χ0n) is 18.8. The van der Waals surface area contributed by atoms with Gasteiger partial charge in [-0.3, -0.25) is 4.79 Å². The number of hydrogen-bond donors (Lipinski definition) is 1. The number of furan rings is 1. The number of hydrogen-bond acceptors (Lipinski definition) is 6. The fourth-order valence-corrected chi connectivity index (χ4v) is 3.67. The zero-order valence-corrected chi connectivity index (χ0v) is 18.8. The van der Waals surface area contributed by atoms with Crippen LogP contribution < -0.4 is 15.7 Å². The number of ether oxygens (including phenoxy) is 1. The van der Waals surface area contributed by atoms with Crippen LogP contribution in [-0.2, 0) is 17.9 Å². The predicted molar refractivity (Wildman–Crippen MR) is 126 cm³/mol. The predicted octanol–water partition coefficient (Wildman–Crippen LogP) is 3.87. The van der Waals surface area contributed by atoms with Gasteiger partial charge in [-0.05, 0) is 47.9 Å². The average molecular weight is 457 g/mol. The van der Waals surface area contributed by atoms with Crippen molar-refractivity contribution >= 4 is 22.6 Å². The molecule has 172 valence electrons. The van der Waals surface area contributed by atoms with Crippen LogP contribution in [0.2, 0.25) is 0 Å². The molecule has 0 saturated carbocycles. The molecule has 5 aromatic rings. The van der Waals surface area contributed by atoms with Crippen LogP contribution >= 0.6 is 0 Å². The maximum atomic E-state index is 13.2. The molecule has 0 spiro atoms. The van der Waals surface area contributed by atoms with Crippen LogP contribution in [-0.4, -0.2) is 25.1 Å². The Morgan fingerprint density at radius 1 is 1.09 bits per heavy atom. The van der Waals surface area contributed by atoms with Crippen molar-refractivity contribution in [3.8, 4) is 11.6 Å². The van der Waals surface area contributed by atoms with E-state index in [1.165, 1.54) is 16.2 Å². The summed E-state index contributed by atoms with van der Waals surface area (Å²) in [5.74, 6) is 1.40.